The van der Waals surface area contributed by atoms with Crippen LogP contribution in [0.3, 0.4) is 0 Å². The Kier molecular flexibility index (Phi) is 4.85. The molecule has 0 aromatic heterocycles. The van der Waals surface area contributed by atoms with Crippen molar-refractivity contribution in [3.8, 4) is 0 Å². The first-order valence-electron chi connectivity index (χ1n) is 7.11. The Balaban J connectivity index is 2.78. The van der Waals surface area contributed by atoms with Gasteiger partial charge in [0.05, 0.1) is 12.2 Å². The fourth-order valence-electron chi connectivity index (χ4n) is 2.74. The number of rotatable bonds is 0. The van der Waals surface area contributed by atoms with Gasteiger partial charge < -0.3 is 10.2 Å². The third-order valence-electron chi connectivity index (χ3n) is 4.15. The van der Waals surface area contributed by atoms with Gasteiger partial charge in [0.25, 0.3) is 0 Å². The van der Waals surface area contributed by atoms with E-state index in [0.717, 1.165) is 12.8 Å². The van der Waals surface area contributed by atoms with Crippen LogP contribution in [0.1, 0.15) is 54.4 Å². The van der Waals surface area contributed by atoms with Crippen molar-refractivity contribution in [2.75, 3.05) is 13.1 Å². The molecule has 0 aliphatic carbocycles. The summed E-state index contributed by atoms with van der Waals surface area (Å²) in [7, 11) is 0. The topological polar surface area (TPSA) is 43.7 Å². The highest BCUT2D eigenvalue weighted by molar-refractivity contribution is 4.88. The molecule has 1 aliphatic heterocycles. The molecule has 0 aromatic rings. The van der Waals surface area contributed by atoms with E-state index in [9.17, 15) is 10.2 Å². The summed E-state index contributed by atoms with van der Waals surface area (Å²) in [6.45, 7) is 14.3. The van der Waals surface area contributed by atoms with Gasteiger partial charge in [0.15, 0.2) is 0 Å². The standard InChI is InChI=1S/C15H31NO2/c1-14(2,3)11-7-12(17)9-16(15(4,5)6)10-13(18)8-11/h11-13,17-18H,7-10H2,1-6H3/t11?,12-,13+. The second-order valence-electron chi connectivity index (χ2n) is 7.92. The molecule has 0 amide bonds. The summed E-state index contributed by atoms with van der Waals surface area (Å²) in [5, 5.41) is 20.5. The molecule has 108 valence electrons. The third-order valence-corrected chi connectivity index (χ3v) is 4.15. The van der Waals surface area contributed by atoms with Crippen molar-refractivity contribution in [1.82, 2.24) is 4.90 Å². The zero-order valence-electron chi connectivity index (χ0n) is 12.9. The van der Waals surface area contributed by atoms with Crippen LogP contribution < -0.4 is 0 Å². The first-order valence-corrected chi connectivity index (χ1v) is 7.11. The van der Waals surface area contributed by atoms with Gasteiger partial charge in [0.2, 0.25) is 0 Å². The number of aliphatic hydroxyl groups excluding tert-OH is 2. The molecular weight excluding hydrogens is 226 g/mol. The Morgan fingerprint density at radius 3 is 1.50 bits per heavy atom. The van der Waals surface area contributed by atoms with Crippen LogP contribution in [0.4, 0.5) is 0 Å². The number of hydrogen-bond acceptors (Lipinski definition) is 3. The van der Waals surface area contributed by atoms with E-state index < -0.39 is 0 Å². The first-order chi connectivity index (χ1) is 8.00. The quantitative estimate of drug-likeness (QED) is 0.699. The normalized spacial score (nSPS) is 33.0. The molecule has 1 saturated heterocycles. The average Bonchev–Trinajstić information content (AvgIpc) is 2.09. The second kappa shape index (κ2) is 5.48. The lowest BCUT2D eigenvalue weighted by Crippen LogP contribution is -2.51. The SMILES string of the molecule is CC(C)(C)C1C[C@@H](O)CN(C(C)(C)C)C[C@@H](O)C1. The molecule has 1 heterocycles. The van der Waals surface area contributed by atoms with E-state index in [1.807, 2.05) is 0 Å². The largest absolute Gasteiger partial charge is 0.392 e. The van der Waals surface area contributed by atoms with Gasteiger partial charge in [-0.05, 0) is 44.9 Å². The van der Waals surface area contributed by atoms with E-state index in [1.54, 1.807) is 0 Å². The van der Waals surface area contributed by atoms with E-state index in [4.69, 9.17) is 0 Å². The van der Waals surface area contributed by atoms with Gasteiger partial charge >= 0.3 is 0 Å². The second-order valence-corrected chi connectivity index (χ2v) is 7.92. The maximum absolute atomic E-state index is 10.2. The number of β-amino-alcohol motifs (C(OH)–C–C–N with tert-alkyl or cyclic N) is 2. The highest BCUT2D eigenvalue weighted by atomic mass is 16.3. The molecule has 1 fully saturated rings. The smallest absolute Gasteiger partial charge is 0.0670 e. The lowest BCUT2D eigenvalue weighted by atomic mass is 9.73. The highest BCUT2D eigenvalue weighted by Crippen LogP contribution is 2.35. The Morgan fingerprint density at radius 1 is 0.833 bits per heavy atom. The van der Waals surface area contributed by atoms with Gasteiger partial charge in [0.1, 0.15) is 0 Å². The van der Waals surface area contributed by atoms with Crippen LogP contribution in [0.15, 0.2) is 0 Å². The monoisotopic (exact) mass is 257 g/mol. The van der Waals surface area contributed by atoms with E-state index in [-0.39, 0.29) is 23.2 Å². The number of hydrogen-bond donors (Lipinski definition) is 2. The maximum atomic E-state index is 10.2. The Hall–Kier alpha value is -0.120. The predicted molar refractivity (Wildman–Crippen MR) is 75.5 cm³/mol. The minimum atomic E-state index is -0.291. The molecule has 0 saturated carbocycles. The summed E-state index contributed by atoms with van der Waals surface area (Å²) in [4.78, 5) is 2.20. The van der Waals surface area contributed by atoms with Crippen molar-refractivity contribution in [2.45, 2.75) is 72.1 Å². The van der Waals surface area contributed by atoms with E-state index >= 15 is 0 Å². The van der Waals surface area contributed by atoms with Crippen molar-refractivity contribution in [1.29, 1.82) is 0 Å². The molecule has 3 heteroatoms. The molecule has 0 bridgehead atoms. The first kappa shape index (κ1) is 15.9. The molecule has 0 radical (unpaired) electrons. The van der Waals surface area contributed by atoms with Crippen LogP contribution in [0, 0.1) is 11.3 Å². The van der Waals surface area contributed by atoms with Gasteiger partial charge in [0, 0.05) is 18.6 Å². The summed E-state index contributed by atoms with van der Waals surface area (Å²) in [6.07, 6.45) is 0.988. The maximum Gasteiger partial charge on any atom is 0.0670 e. The molecule has 1 unspecified atom stereocenters. The molecule has 2 N–H and O–H groups in total. The Labute approximate surface area is 112 Å². The van der Waals surface area contributed by atoms with Crippen molar-refractivity contribution < 1.29 is 10.2 Å². The summed E-state index contributed by atoms with van der Waals surface area (Å²) in [5.74, 6) is 0.379. The number of likely N-dealkylation sites (tertiary alicyclic amines) is 1. The van der Waals surface area contributed by atoms with Crippen LogP contribution >= 0.6 is 0 Å². The molecular formula is C15H31NO2. The minimum Gasteiger partial charge on any atom is -0.392 e. The average molecular weight is 257 g/mol. The third kappa shape index (κ3) is 4.52. The summed E-state index contributed by atoms with van der Waals surface area (Å²) in [6, 6.07) is 0. The molecule has 1 aliphatic rings. The predicted octanol–water partition coefficient (Wildman–Crippen LogP) is 2.26. The van der Waals surface area contributed by atoms with Crippen LogP contribution in [-0.4, -0.2) is 45.9 Å². The van der Waals surface area contributed by atoms with Crippen LogP contribution in [0.25, 0.3) is 0 Å². The molecule has 0 spiro atoms. The summed E-state index contributed by atoms with van der Waals surface area (Å²) < 4.78 is 0. The molecule has 0 aromatic carbocycles. The molecule has 18 heavy (non-hydrogen) atoms. The molecule has 1 rings (SSSR count). The fraction of sp³-hybridized carbons (Fsp3) is 1.00. The van der Waals surface area contributed by atoms with E-state index in [1.165, 1.54) is 0 Å². The van der Waals surface area contributed by atoms with Crippen molar-refractivity contribution in [3.63, 3.8) is 0 Å². The Bertz CT molecular complexity index is 225. The summed E-state index contributed by atoms with van der Waals surface area (Å²) in [5.41, 5.74) is 0.141. The summed E-state index contributed by atoms with van der Waals surface area (Å²) >= 11 is 0. The Morgan fingerprint density at radius 2 is 1.22 bits per heavy atom. The minimum absolute atomic E-state index is 0.00344. The van der Waals surface area contributed by atoms with Gasteiger partial charge in [-0.25, -0.2) is 0 Å². The van der Waals surface area contributed by atoms with Gasteiger partial charge in [-0.2, -0.15) is 0 Å². The van der Waals surface area contributed by atoms with E-state index in [2.05, 4.69) is 46.4 Å². The van der Waals surface area contributed by atoms with Gasteiger partial charge in [-0.1, -0.05) is 20.8 Å². The number of aliphatic hydroxyl groups is 2. The van der Waals surface area contributed by atoms with Crippen LogP contribution in [0.5, 0.6) is 0 Å². The zero-order valence-corrected chi connectivity index (χ0v) is 12.9. The lowest BCUT2D eigenvalue weighted by Gasteiger charge is -2.43. The van der Waals surface area contributed by atoms with Gasteiger partial charge in [-0.15, -0.1) is 0 Å². The van der Waals surface area contributed by atoms with Crippen molar-refractivity contribution >= 4 is 0 Å². The molecule has 3 atom stereocenters. The van der Waals surface area contributed by atoms with Gasteiger partial charge in [-0.3, -0.25) is 4.90 Å². The van der Waals surface area contributed by atoms with Crippen LogP contribution in [-0.2, 0) is 0 Å². The fourth-order valence-corrected chi connectivity index (χ4v) is 2.74. The zero-order chi connectivity index (χ0) is 14.1. The molecule has 3 nitrogen and oxygen atoms in total. The van der Waals surface area contributed by atoms with E-state index in [0.29, 0.717) is 19.0 Å². The van der Waals surface area contributed by atoms with Crippen molar-refractivity contribution in [2.24, 2.45) is 11.3 Å². The number of nitrogens with zero attached hydrogens (tertiary/aromatic N) is 1. The lowest BCUT2D eigenvalue weighted by molar-refractivity contribution is -0.0312. The van der Waals surface area contributed by atoms with Crippen LogP contribution in [0.2, 0.25) is 0 Å². The highest BCUT2D eigenvalue weighted by Gasteiger charge is 2.35. The van der Waals surface area contributed by atoms with Crippen molar-refractivity contribution in [3.05, 3.63) is 0 Å².